The Morgan fingerprint density at radius 1 is 1.10 bits per heavy atom. The van der Waals surface area contributed by atoms with Gasteiger partial charge in [-0.3, -0.25) is 24.4 Å². The number of aliphatic hydroxyl groups excluding tert-OH is 1. The standard InChI is InChI=1S/C28H36N8O4/c1-4-16(2)35-27(39)21-9-20(10-22(29)11-21)23-13-33-26(34-17(3)15-37)28(40)36(23)14-24(38)32-12-18-5-7-19(8-6-18)25(30)31/h5-11,13,16-17,37H,4,12,14-15,29H2,1-3H3,(H3,30,31)(H,32,38)(H,33,34)(H,35,39)/t16-,17+/m1/s1. The van der Waals surface area contributed by atoms with Gasteiger partial charge in [-0.25, -0.2) is 4.98 Å². The fourth-order valence-corrected chi connectivity index (χ4v) is 3.80. The monoisotopic (exact) mass is 548 g/mol. The first-order chi connectivity index (χ1) is 19.0. The number of nitrogen functional groups attached to an aromatic ring is 2. The largest absolute Gasteiger partial charge is 0.399 e. The maximum absolute atomic E-state index is 13.4. The molecule has 12 nitrogen and oxygen atoms in total. The lowest BCUT2D eigenvalue weighted by molar-refractivity contribution is -0.121. The van der Waals surface area contributed by atoms with Crippen molar-refractivity contribution in [2.45, 2.75) is 52.4 Å². The van der Waals surface area contributed by atoms with E-state index in [9.17, 15) is 19.5 Å². The molecule has 0 bridgehead atoms. The van der Waals surface area contributed by atoms with E-state index in [4.69, 9.17) is 16.9 Å². The van der Waals surface area contributed by atoms with Crippen LogP contribution in [0.2, 0.25) is 0 Å². The molecule has 0 aliphatic heterocycles. The highest BCUT2D eigenvalue weighted by atomic mass is 16.3. The summed E-state index contributed by atoms with van der Waals surface area (Å²) in [6, 6.07) is 11.1. The topological polar surface area (TPSA) is 201 Å². The minimum Gasteiger partial charge on any atom is -0.399 e. The van der Waals surface area contributed by atoms with Gasteiger partial charge in [0.15, 0.2) is 5.82 Å². The summed E-state index contributed by atoms with van der Waals surface area (Å²) >= 11 is 0. The molecule has 2 aromatic carbocycles. The van der Waals surface area contributed by atoms with Gasteiger partial charge in [-0.05, 0) is 44.0 Å². The molecule has 1 heterocycles. The van der Waals surface area contributed by atoms with Crippen molar-refractivity contribution < 1.29 is 14.7 Å². The molecule has 0 spiro atoms. The molecule has 0 unspecified atom stereocenters. The molecule has 2 amide bonds. The van der Waals surface area contributed by atoms with E-state index < -0.39 is 17.5 Å². The highest BCUT2D eigenvalue weighted by molar-refractivity contribution is 5.97. The number of aromatic nitrogens is 2. The molecule has 0 aliphatic carbocycles. The van der Waals surface area contributed by atoms with Crippen LogP contribution in [0.15, 0.2) is 53.5 Å². The van der Waals surface area contributed by atoms with Crippen LogP contribution >= 0.6 is 0 Å². The maximum Gasteiger partial charge on any atom is 0.294 e. The first kappa shape index (κ1) is 29.8. The quantitative estimate of drug-likeness (QED) is 0.1000. The van der Waals surface area contributed by atoms with E-state index in [1.54, 1.807) is 49.4 Å². The molecule has 12 heteroatoms. The van der Waals surface area contributed by atoms with Crippen molar-refractivity contribution >= 4 is 29.2 Å². The van der Waals surface area contributed by atoms with E-state index in [1.807, 2.05) is 13.8 Å². The lowest BCUT2D eigenvalue weighted by atomic mass is 10.1. The molecule has 2 atom stereocenters. The van der Waals surface area contributed by atoms with E-state index in [2.05, 4.69) is 20.9 Å². The highest BCUT2D eigenvalue weighted by Gasteiger charge is 2.18. The summed E-state index contributed by atoms with van der Waals surface area (Å²) in [7, 11) is 0. The van der Waals surface area contributed by atoms with Crippen molar-refractivity contribution in [1.82, 2.24) is 20.2 Å². The van der Waals surface area contributed by atoms with Crippen molar-refractivity contribution in [2.75, 3.05) is 17.7 Å². The normalized spacial score (nSPS) is 12.3. The van der Waals surface area contributed by atoms with Gasteiger partial charge in [-0.1, -0.05) is 31.2 Å². The minimum absolute atomic E-state index is 0.0310. The van der Waals surface area contributed by atoms with Crippen LogP contribution in [0.5, 0.6) is 0 Å². The van der Waals surface area contributed by atoms with Gasteiger partial charge in [-0.2, -0.15) is 0 Å². The Balaban J connectivity index is 1.95. The number of hydrogen-bond acceptors (Lipinski definition) is 8. The second kappa shape index (κ2) is 13.4. The van der Waals surface area contributed by atoms with E-state index in [-0.39, 0.29) is 49.0 Å². The van der Waals surface area contributed by atoms with E-state index in [0.717, 1.165) is 12.0 Å². The van der Waals surface area contributed by atoms with Crippen molar-refractivity contribution in [3.8, 4) is 11.3 Å². The summed E-state index contributed by atoms with van der Waals surface area (Å²) in [6.07, 6.45) is 2.17. The molecule has 212 valence electrons. The van der Waals surface area contributed by atoms with Crippen LogP contribution in [0, 0.1) is 5.41 Å². The smallest absolute Gasteiger partial charge is 0.294 e. The first-order valence-electron chi connectivity index (χ1n) is 12.9. The summed E-state index contributed by atoms with van der Waals surface area (Å²) in [5.41, 5.74) is 13.7. The number of benzene rings is 2. The van der Waals surface area contributed by atoms with Crippen LogP contribution in [-0.4, -0.2) is 51.0 Å². The van der Waals surface area contributed by atoms with Crippen LogP contribution in [0.1, 0.15) is 48.7 Å². The van der Waals surface area contributed by atoms with E-state index in [1.165, 1.54) is 10.8 Å². The molecule has 3 aromatic rings. The lowest BCUT2D eigenvalue weighted by Crippen LogP contribution is -2.35. The fourth-order valence-electron chi connectivity index (χ4n) is 3.80. The Hall–Kier alpha value is -4.71. The second-order valence-corrected chi connectivity index (χ2v) is 9.63. The van der Waals surface area contributed by atoms with Gasteiger partial charge in [0.2, 0.25) is 5.91 Å². The van der Waals surface area contributed by atoms with Gasteiger partial charge < -0.3 is 32.5 Å². The third-order valence-electron chi connectivity index (χ3n) is 6.27. The lowest BCUT2D eigenvalue weighted by Gasteiger charge is -2.18. The number of amides is 2. The van der Waals surface area contributed by atoms with Crippen molar-refractivity contribution in [3.63, 3.8) is 0 Å². The van der Waals surface area contributed by atoms with Crippen LogP contribution < -0.4 is 33.0 Å². The van der Waals surface area contributed by atoms with Gasteiger partial charge in [0.05, 0.1) is 18.5 Å². The number of hydrogen-bond donors (Lipinski definition) is 7. The number of amidine groups is 1. The maximum atomic E-state index is 13.4. The molecule has 0 radical (unpaired) electrons. The number of nitrogens with two attached hydrogens (primary N) is 2. The first-order valence-corrected chi connectivity index (χ1v) is 12.9. The summed E-state index contributed by atoms with van der Waals surface area (Å²) < 4.78 is 1.25. The summed E-state index contributed by atoms with van der Waals surface area (Å²) in [5.74, 6) is -0.836. The Morgan fingerprint density at radius 2 is 1.80 bits per heavy atom. The van der Waals surface area contributed by atoms with Crippen molar-refractivity contribution in [3.05, 3.63) is 75.7 Å². The van der Waals surface area contributed by atoms with Crippen molar-refractivity contribution in [1.29, 1.82) is 5.41 Å². The summed E-state index contributed by atoms with van der Waals surface area (Å²) in [6.45, 7) is 5.16. The minimum atomic E-state index is -0.577. The predicted molar refractivity (Wildman–Crippen MR) is 155 cm³/mol. The molecule has 0 saturated carbocycles. The average molecular weight is 549 g/mol. The molecule has 1 aromatic heterocycles. The number of carbonyl (C=O) groups is 2. The molecule has 40 heavy (non-hydrogen) atoms. The zero-order valence-electron chi connectivity index (χ0n) is 22.8. The number of aliphatic hydroxyl groups is 1. The summed E-state index contributed by atoms with van der Waals surface area (Å²) in [4.78, 5) is 43.5. The molecule has 3 rings (SSSR count). The van der Waals surface area contributed by atoms with Crippen LogP contribution in [0.4, 0.5) is 11.5 Å². The van der Waals surface area contributed by atoms with Crippen LogP contribution in [0.25, 0.3) is 11.3 Å². The molecule has 9 N–H and O–H groups in total. The van der Waals surface area contributed by atoms with Crippen molar-refractivity contribution in [2.24, 2.45) is 5.73 Å². The Bertz CT molecular complexity index is 1440. The number of nitrogens with zero attached hydrogens (tertiary/aromatic N) is 2. The summed E-state index contributed by atoms with van der Waals surface area (Å²) in [5, 5.41) is 25.4. The van der Waals surface area contributed by atoms with E-state index in [0.29, 0.717) is 22.4 Å². The van der Waals surface area contributed by atoms with Gasteiger partial charge in [-0.15, -0.1) is 0 Å². The van der Waals surface area contributed by atoms with Gasteiger partial charge >= 0.3 is 0 Å². The second-order valence-electron chi connectivity index (χ2n) is 9.63. The van der Waals surface area contributed by atoms with Crippen LogP contribution in [0.3, 0.4) is 0 Å². The van der Waals surface area contributed by atoms with Gasteiger partial charge in [0, 0.05) is 41.0 Å². The van der Waals surface area contributed by atoms with Gasteiger partial charge in [0.1, 0.15) is 12.4 Å². The third-order valence-corrected chi connectivity index (χ3v) is 6.27. The number of rotatable bonds is 12. The fraction of sp³-hybridized carbons (Fsp3) is 0.321. The van der Waals surface area contributed by atoms with E-state index >= 15 is 0 Å². The SMILES string of the molecule is CC[C@@H](C)NC(=O)c1cc(N)cc(-c2cnc(N[C@@H](C)CO)c(=O)n2CC(=O)NCc2ccc(C(=N)N)cc2)c1. The highest BCUT2D eigenvalue weighted by Crippen LogP contribution is 2.23. The molecular formula is C28H36N8O4. The predicted octanol–water partition coefficient (Wildman–Crippen LogP) is 1.41. The average Bonchev–Trinajstić information content (AvgIpc) is 2.93. The third kappa shape index (κ3) is 7.67. The molecule has 0 saturated heterocycles. The molecular weight excluding hydrogens is 512 g/mol. The number of anilines is 2. The Labute approximate surface area is 232 Å². The van der Waals surface area contributed by atoms with Gasteiger partial charge in [0.25, 0.3) is 11.5 Å². The van der Waals surface area contributed by atoms with Crippen LogP contribution in [-0.2, 0) is 17.9 Å². The zero-order chi connectivity index (χ0) is 29.4. The number of carbonyl (C=O) groups excluding carboxylic acids is 2. The number of nitrogens with one attached hydrogen (secondary N) is 4. The Kier molecular flexibility index (Phi) is 9.98. The Morgan fingerprint density at radius 3 is 2.42 bits per heavy atom. The molecule has 0 aliphatic rings. The molecule has 0 fully saturated rings. The zero-order valence-corrected chi connectivity index (χ0v) is 22.8.